The molecule has 0 amide bonds. The van der Waals surface area contributed by atoms with Crippen LogP contribution in [0.1, 0.15) is 24.6 Å². The number of rotatable bonds is 4. The van der Waals surface area contributed by atoms with E-state index in [1.807, 2.05) is 6.92 Å². The van der Waals surface area contributed by atoms with Crippen molar-refractivity contribution in [2.24, 2.45) is 5.92 Å². The number of nitrogens with zero attached hydrogens (tertiary/aromatic N) is 2. The molecule has 1 aromatic heterocycles. The molecule has 23 heavy (non-hydrogen) atoms. The molecule has 0 radical (unpaired) electrons. The van der Waals surface area contributed by atoms with E-state index in [1.54, 1.807) is 24.4 Å². The molecular weight excluding hydrogens is 315 g/mol. The third kappa shape index (κ3) is 3.43. The number of aromatic nitrogens is 1. The largest absolute Gasteiger partial charge is 0.481 e. The van der Waals surface area contributed by atoms with Crippen molar-refractivity contribution < 1.29 is 14.3 Å². The van der Waals surface area contributed by atoms with Gasteiger partial charge in [-0.05, 0) is 38.4 Å². The molecule has 1 aliphatic rings. The lowest BCUT2D eigenvalue weighted by atomic mass is 9.90. The quantitative estimate of drug-likeness (QED) is 0.927. The molecule has 2 heterocycles. The number of carbonyl (C=O) groups is 1. The number of thiazole rings is 1. The Morgan fingerprint density at radius 2 is 2.26 bits per heavy atom. The third-order valence-corrected chi connectivity index (χ3v) is 5.47. The maximum Gasteiger partial charge on any atom is 0.308 e. The van der Waals surface area contributed by atoms with E-state index >= 15 is 0 Å². The van der Waals surface area contributed by atoms with E-state index < -0.39 is 5.97 Å². The summed E-state index contributed by atoms with van der Waals surface area (Å²) in [6.45, 7) is 3.52. The van der Waals surface area contributed by atoms with Crippen LogP contribution in [0.5, 0.6) is 0 Å². The van der Waals surface area contributed by atoms with E-state index in [-0.39, 0.29) is 17.8 Å². The normalized spacial score (nSPS) is 22.2. The monoisotopic (exact) mass is 334 g/mol. The minimum Gasteiger partial charge on any atom is -0.481 e. The Balaban J connectivity index is 1.74. The molecule has 6 heteroatoms. The molecule has 122 valence electrons. The lowest BCUT2D eigenvalue weighted by molar-refractivity contribution is -0.145. The summed E-state index contributed by atoms with van der Waals surface area (Å²) in [5.74, 6) is -1.31. The fourth-order valence-corrected chi connectivity index (χ4v) is 4.07. The molecule has 4 nitrogen and oxygen atoms in total. The molecule has 1 fully saturated rings. The molecule has 0 saturated carbocycles. The average Bonchev–Trinajstić information content (AvgIpc) is 2.98. The zero-order valence-electron chi connectivity index (χ0n) is 12.9. The van der Waals surface area contributed by atoms with Gasteiger partial charge < -0.3 is 5.11 Å². The molecule has 3 rings (SSSR count). The lowest BCUT2D eigenvalue weighted by Gasteiger charge is -2.37. The predicted molar refractivity (Wildman–Crippen MR) is 87.7 cm³/mol. The maximum absolute atomic E-state index is 13.8. The van der Waals surface area contributed by atoms with Gasteiger partial charge in [0.2, 0.25) is 0 Å². The highest BCUT2D eigenvalue weighted by molar-refractivity contribution is 7.15. The van der Waals surface area contributed by atoms with Gasteiger partial charge in [0.15, 0.2) is 0 Å². The van der Waals surface area contributed by atoms with Gasteiger partial charge in [0.25, 0.3) is 0 Å². The minimum atomic E-state index is -0.724. The van der Waals surface area contributed by atoms with Crippen molar-refractivity contribution in [1.82, 2.24) is 9.88 Å². The Hall–Kier alpha value is -1.79. The van der Waals surface area contributed by atoms with Gasteiger partial charge in [0.05, 0.1) is 5.92 Å². The summed E-state index contributed by atoms with van der Waals surface area (Å²) in [6, 6.07) is 6.61. The number of carboxylic acids is 1. The van der Waals surface area contributed by atoms with Gasteiger partial charge in [-0.15, -0.1) is 11.3 Å². The van der Waals surface area contributed by atoms with Gasteiger partial charge in [-0.1, -0.05) is 12.1 Å². The topological polar surface area (TPSA) is 53.4 Å². The van der Waals surface area contributed by atoms with Crippen LogP contribution >= 0.6 is 11.3 Å². The molecule has 0 unspecified atom stereocenters. The molecular formula is C17H19FN2O2S. The van der Waals surface area contributed by atoms with Crippen LogP contribution in [-0.4, -0.2) is 33.5 Å². The Labute approximate surface area is 138 Å². The van der Waals surface area contributed by atoms with Crippen molar-refractivity contribution in [2.75, 3.05) is 6.54 Å². The maximum atomic E-state index is 13.8. The Morgan fingerprint density at radius 3 is 3.00 bits per heavy atom. The van der Waals surface area contributed by atoms with Crippen molar-refractivity contribution in [3.63, 3.8) is 0 Å². The van der Waals surface area contributed by atoms with E-state index in [9.17, 15) is 14.3 Å². The Morgan fingerprint density at radius 1 is 1.48 bits per heavy atom. The number of hydrogen-bond donors (Lipinski definition) is 1. The molecule has 1 N–H and O–H groups in total. The third-order valence-electron chi connectivity index (χ3n) is 4.45. The van der Waals surface area contributed by atoms with Crippen LogP contribution in [-0.2, 0) is 11.3 Å². The Bertz CT molecular complexity index is 703. The second kappa shape index (κ2) is 6.76. The number of halogens is 1. The summed E-state index contributed by atoms with van der Waals surface area (Å²) >= 11 is 1.47. The smallest absolute Gasteiger partial charge is 0.308 e. The van der Waals surface area contributed by atoms with Crippen LogP contribution in [0.2, 0.25) is 0 Å². The number of benzene rings is 1. The van der Waals surface area contributed by atoms with E-state index in [0.29, 0.717) is 17.1 Å². The summed E-state index contributed by atoms with van der Waals surface area (Å²) in [6.07, 6.45) is 3.39. The van der Waals surface area contributed by atoms with Crippen LogP contribution in [0.15, 0.2) is 30.5 Å². The minimum absolute atomic E-state index is 0.000242. The molecule has 0 spiro atoms. The molecule has 2 atom stereocenters. The Kier molecular flexibility index (Phi) is 4.73. The molecule has 0 bridgehead atoms. The first-order valence-corrected chi connectivity index (χ1v) is 8.54. The molecule has 1 aromatic carbocycles. The first-order valence-electron chi connectivity index (χ1n) is 7.72. The van der Waals surface area contributed by atoms with E-state index in [1.165, 1.54) is 17.4 Å². The summed E-state index contributed by atoms with van der Waals surface area (Å²) in [7, 11) is 0. The number of piperidine rings is 1. The highest BCUT2D eigenvalue weighted by Gasteiger charge is 2.32. The fraction of sp³-hybridized carbons (Fsp3) is 0.412. The van der Waals surface area contributed by atoms with Crippen molar-refractivity contribution in [3.8, 4) is 10.6 Å². The van der Waals surface area contributed by atoms with Crippen molar-refractivity contribution in [1.29, 1.82) is 0 Å². The van der Waals surface area contributed by atoms with Gasteiger partial charge in [-0.2, -0.15) is 0 Å². The summed E-state index contributed by atoms with van der Waals surface area (Å²) in [5.41, 5.74) is 0.513. The average molecular weight is 334 g/mol. The SMILES string of the molecule is C[C@@H]1[C@H](C(=O)O)CCCN1Cc1cnc(-c2ccccc2F)s1. The van der Waals surface area contributed by atoms with Crippen LogP contribution < -0.4 is 0 Å². The zero-order chi connectivity index (χ0) is 16.4. The van der Waals surface area contributed by atoms with Gasteiger partial charge in [0, 0.05) is 29.2 Å². The van der Waals surface area contributed by atoms with Gasteiger partial charge >= 0.3 is 5.97 Å². The van der Waals surface area contributed by atoms with Crippen molar-refractivity contribution in [2.45, 2.75) is 32.4 Å². The predicted octanol–water partition coefficient (Wildman–Crippen LogP) is 3.63. The summed E-state index contributed by atoms with van der Waals surface area (Å²) < 4.78 is 13.8. The van der Waals surface area contributed by atoms with Gasteiger partial charge in [-0.25, -0.2) is 9.37 Å². The second-order valence-corrected chi connectivity index (χ2v) is 7.02. The standard InChI is InChI=1S/C17H19FN2O2S/c1-11-13(17(21)22)6-4-8-20(11)10-12-9-19-16(23-12)14-5-2-3-7-15(14)18/h2-3,5,7,9,11,13H,4,6,8,10H2,1H3,(H,21,22)/t11-,13-/m1/s1. The highest BCUT2D eigenvalue weighted by Crippen LogP contribution is 2.30. The van der Waals surface area contributed by atoms with Crippen LogP contribution in [0.3, 0.4) is 0 Å². The number of hydrogen-bond acceptors (Lipinski definition) is 4. The lowest BCUT2D eigenvalue weighted by Crippen LogP contribution is -2.45. The van der Waals surface area contributed by atoms with Gasteiger partial charge in [-0.3, -0.25) is 9.69 Å². The van der Waals surface area contributed by atoms with Crippen molar-refractivity contribution >= 4 is 17.3 Å². The fourth-order valence-electron chi connectivity index (χ4n) is 3.11. The summed E-state index contributed by atoms with van der Waals surface area (Å²) in [4.78, 5) is 18.8. The van der Waals surface area contributed by atoms with E-state index in [0.717, 1.165) is 24.3 Å². The van der Waals surface area contributed by atoms with Gasteiger partial charge in [0.1, 0.15) is 10.8 Å². The summed E-state index contributed by atoms with van der Waals surface area (Å²) in [5, 5.41) is 9.96. The molecule has 2 aromatic rings. The molecule has 0 aliphatic carbocycles. The first kappa shape index (κ1) is 16.1. The van der Waals surface area contributed by atoms with Crippen LogP contribution in [0.4, 0.5) is 4.39 Å². The second-order valence-electron chi connectivity index (χ2n) is 5.91. The van der Waals surface area contributed by atoms with Crippen molar-refractivity contribution in [3.05, 3.63) is 41.2 Å². The number of likely N-dealkylation sites (tertiary alicyclic amines) is 1. The molecule has 1 saturated heterocycles. The highest BCUT2D eigenvalue weighted by atomic mass is 32.1. The molecule has 1 aliphatic heterocycles. The first-order chi connectivity index (χ1) is 11.1. The van der Waals surface area contributed by atoms with Crippen LogP contribution in [0, 0.1) is 11.7 Å². The zero-order valence-corrected chi connectivity index (χ0v) is 13.7. The number of aliphatic carboxylic acids is 1. The number of carboxylic acid groups (broad SMARTS) is 1. The van der Waals surface area contributed by atoms with Crippen LogP contribution in [0.25, 0.3) is 10.6 Å². The van der Waals surface area contributed by atoms with E-state index in [2.05, 4.69) is 9.88 Å². The van der Waals surface area contributed by atoms with E-state index in [4.69, 9.17) is 0 Å².